The minimum atomic E-state index is 0.595. The smallest absolute Gasteiger partial charge is 0.144 e. The summed E-state index contributed by atoms with van der Waals surface area (Å²) >= 11 is 0. The maximum Gasteiger partial charge on any atom is 0.144 e. The molecule has 0 aliphatic heterocycles. The molecule has 0 atom stereocenters. The highest BCUT2D eigenvalue weighted by Crippen LogP contribution is 2.27. The van der Waals surface area contributed by atoms with Crippen molar-refractivity contribution in [3.63, 3.8) is 0 Å². The van der Waals surface area contributed by atoms with Gasteiger partial charge in [-0.3, -0.25) is 0 Å². The van der Waals surface area contributed by atoms with Crippen LogP contribution in [0.4, 0.5) is 5.82 Å². The molecule has 3 nitrogen and oxygen atoms in total. The Morgan fingerprint density at radius 1 is 1.21 bits per heavy atom. The number of hydrogen-bond donors (Lipinski definition) is 1. The molecule has 1 aromatic heterocycles. The van der Waals surface area contributed by atoms with Crippen LogP contribution < -0.4 is 5.32 Å². The molecule has 0 radical (unpaired) electrons. The van der Waals surface area contributed by atoms with Gasteiger partial charge < -0.3 is 5.32 Å². The van der Waals surface area contributed by atoms with Crippen LogP contribution in [0.25, 0.3) is 11.1 Å². The molecule has 0 fully saturated rings. The molecule has 0 bridgehead atoms. The Hall–Kier alpha value is -2.34. The monoisotopic (exact) mass is 251 g/mol. The van der Waals surface area contributed by atoms with Gasteiger partial charge in [-0.15, -0.1) is 0 Å². The number of anilines is 1. The van der Waals surface area contributed by atoms with Crippen LogP contribution in [0.2, 0.25) is 0 Å². The van der Waals surface area contributed by atoms with E-state index in [0.717, 1.165) is 29.8 Å². The van der Waals surface area contributed by atoms with E-state index in [0.29, 0.717) is 11.4 Å². The number of pyridine rings is 1. The van der Waals surface area contributed by atoms with Crippen molar-refractivity contribution in [3.05, 3.63) is 47.7 Å². The Morgan fingerprint density at radius 2 is 1.95 bits per heavy atom. The summed E-state index contributed by atoms with van der Waals surface area (Å²) in [6.07, 6.45) is 0.842. The lowest BCUT2D eigenvalue weighted by molar-refractivity contribution is 1.02. The number of hydrogen-bond acceptors (Lipinski definition) is 3. The van der Waals surface area contributed by atoms with E-state index in [4.69, 9.17) is 0 Å². The normalized spacial score (nSPS) is 9.95. The Kier molecular flexibility index (Phi) is 4.15. The summed E-state index contributed by atoms with van der Waals surface area (Å²) in [6.45, 7) is 4.84. The predicted molar refractivity (Wildman–Crippen MR) is 77.9 cm³/mol. The van der Waals surface area contributed by atoms with Gasteiger partial charge >= 0.3 is 0 Å². The number of rotatable bonds is 4. The molecular weight excluding hydrogens is 234 g/mol. The molecule has 0 spiro atoms. The average Bonchev–Trinajstić information content (AvgIpc) is 2.48. The van der Waals surface area contributed by atoms with Gasteiger partial charge in [0.1, 0.15) is 11.9 Å². The van der Waals surface area contributed by atoms with Crippen molar-refractivity contribution in [2.75, 3.05) is 11.9 Å². The van der Waals surface area contributed by atoms with Gasteiger partial charge in [0.05, 0.1) is 11.3 Å². The topological polar surface area (TPSA) is 48.7 Å². The minimum Gasteiger partial charge on any atom is -0.369 e. The SMILES string of the molecule is CCNc1nc(CC)c(-c2ccccc2)cc1C#N. The Bertz CT molecular complexity index is 597. The summed E-state index contributed by atoms with van der Waals surface area (Å²) in [7, 11) is 0. The van der Waals surface area contributed by atoms with Crippen LogP contribution >= 0.6 is 0 Å². The second kappa shape index (κ2) is 6.01. The molecule has 96 valence electrons. The molecule has 0 saturated carbocycles. The zero-order chi connectivity index (χ0) is 13.7. The van der Waals surface area contributed by atoms with Gasteiger partial charge in [-0.05, 0) is 25.0 Å². The van der Waals surface area contributed by atoms with Crippen LogP contribution in [0.5, 0.6) is 0 Å². The molecule has 19 heavy (non-hydrogen) atoms. The summed E-state index contributed by atoms with van der Waals surface area (Å²) in [6, 6.07) is 14.2. The molecule has 0 saturated heterocycles. The first kappa shape index (κ1) is 13.1. The molecule has 3 heteroatoms. The third kappa shape index (κ3) is 2.74. The zero-order valence-corrected chi connectivity index (χ0v) is 11.3. The molecule has 0 amide bonds. The van der Waals surface area contributed by atoms with E-state index in [2.05, 4.69) is 23.3 Å². The fourth-order valence-corrected chi connectivity index (χ4v) is 2.08. The van der Waals surface area contributed by atoms with E-state index in [1.54, 1.807) is 0 Å². The molecule has 0 aliphatic rings. The number of aromatic nitrogens is 1. The predicted octanol–water partition coefficient (Wildman–Crippen LogP) is 3.61. The summed E-state index contributed by atoms with van der Waals surface area (Å²) in [4.78, 5) is 4.59. The Morgan fingerprint density at radius 3 is 2.53 bits per heavy atom. The Balaban J connectivity index is 2.59. The van der Waals surface area contributed by atoms with Gasteiger partial charge in [0.25, 0.3) is 0 Å². The van der Waals surface area contributed by atoms with Crippen LogP contribution in [0.3, 0.4) is 0 Å². The van der Waals surface area contributed by atoms with Gasteiger partial charge in [-0.1, -0.05) is 37.3 Å². The first-order valence-corrected chi connectivity index (χ1v) is 6.53. The first-order valence-electron chi connectivity index (χ1n) is 6.53. The molecule has 2 aromatic rings. The summed E-state index contributed by atoms with van der Waals surface area (Å²) in [5, 5.41) is 12.4. The number of aryl methyl sites for hydroxylation is 1. The van der Waals surface area contributed by atoms with E-state index in [9.17, 15) is 5.26 Å². The van der Waals surface area contributed by atoms with E-state index in [-0.39, 0.29) is 0 Å². The molecule has 0 aliphatic carbocycles. The van der Waals surface area contributed by atoms with Crippen LogP contribution in [0, 0.1) is 11.3 Å². The van der Waals surface area contributed by atoms with E-state index in [1.165, 1.54) is 0 Å². The maximum atomic E-state index is 9.25. The lowest BCUT2D eigenvalue weighted by Crippen LogP contribution is -2.05. The van der Waals surface area contributed by atoms with Gasteiger partial charge in [0.2, 0.25) is 0 Å². The van der Waals surface area contributed by atoms with E-state index in [1.807, 2.05) is 43.3 Å². The fraction of sp³-hybridized carbons (Fsp3) is 0.250. The quantitative estimate of drug-likeness (QED) is 0.903. The standard InChI is InChI=1S/C16H17N3/c1-3-15-14(12-8-6-5-7-9-12)10-13(11-17)16(19-15)18-4-2/h5-10H,3-4H2,1-2H3,(H,18,19). The molecule has 1 aromatic carbocycles. The number of nitrogens with zero attached hydrogens (tertiary/aromatic N) is 2. The highest BCUT2D eigenvalue weighted by molar-refractivity contribution is 5.71. The third-order valence-electron chi connectivity index (χ3n) is 2.99. The van der Waals surface area contributed by atoms with Gasteiger partial charge in [0, 0.05) is 12.1 Å². The summed E-state index contributed by atoms with van der Waals surface area (Å²) in [5.74, 6) is 0.682. The van der Waals surface area contributed by atoms with Crippen LogP contribution in [-0.4, -0.2) is 11.5 Å². The summed E-state index contributed by atoms with van der Waals surface area (Å²) < 4.78 is 0. The molecule has 1 heterocycles. The Labute approximate surface area is 113 Å². The second-order valence-electron chi connectivity index (χ2n) is 4.24. The maximum absolute atomic E-state index is 9.25. The van der Waals surface area contributed by atoms with Crippen molar-refractivity contribution in [1.82, 2.24) is 4.98 Å². The lowest BCUT2D eigenvalue weighted by atomic mass is 10.0. The van der Waals surface area contributed by atoms with Crippen LogP contribution in [-0.2, 0) is 6.42 Å². The summed E-state index contributed by atoms with van der Waals surface area (Å²) in [5.41, 5.74) is 3.76. The van der Waals surface area contributed by atoms with Crippen LogP contribution in [0.15, 0.2) is 36.4 Å². The van der Waals surface area contributed by atoms with Gasteiger partial charge in [-0.2, -0.15) is 5.26 Å². The number of nitriles is 1. The average molecular weight is 251 g/mol. The third-order valence-corrected chi connectivity index (χ3v) is 2.99. The van der Waals surface area contributed by atoms with Gasteiger partial charge in [-0.25, -0.2) is 4.98 Å². The van der Waals surface area contributed by atoms with Crippen molar-refractivity contribution >= 4 is 5.82 Å². The molecule has 2 rings (SSSR count). The van der Waals surface area contributed by atoms with E-state index >= 15 is 0 Å². The van der Waals surface area contributed by atoms with Gasteiger partial charge in [0.15, 0.2) is 0 Å². The molecule has 1 N–H and O–H groups in total. The van der Waals surface area contributed by atoms with Crippen molar-refractivity contribution in [2.45, 2.75) is 20.3 Å². The highest BCUT2D eigenvalue weighted by Gasteiger charge is 2.11. The first-order chi connectivity index (χ1) is 9.30. The van der Waals surface area contributed by atoms with Crippen LogP contribution in [0.1, 0.15) is 25.1 Å². The van der Waals surface area contributed by atoms with Crippen molar-refractivity contribution in [1.29, 1.82) is 5.26 Å². The molecular formula is C16H17N3. The zero-order valence-electron chi connectivity index (χ0n) is 11.3. The lowest BCUT2D eigenvalue weighted by Gasteiger charge is -2.12. The van der Waals surface area contributed by atoms with Crippen molar-refractivity contribution < 1.29 is 0 Å². The largest absolute Gasteiger partial charge is 0.369 e. The second-order valence-corrected chi connectivity index (χ2v) is 4.24. The number of nitrogens with one attached hydrogen (secondary N) is 1. The highest BCUT2D eigenvalue weighted by atomic mass is 15.0. The minimum absolute atomic E-state index is 0.595. The molecule has 0 unspecified atom stereocenters. The number of benzene rings is 1. The van der Waals surface area contributed by atoms with Crippen molar-refractivity contribution in [2.24, 2.45) is 0 Å². The van der Waals surface area contributed by atoms with E-state index < -0.39 is 0 Å². The van der Waals surface area contributed by atoms with Crippen molar-refractivity contribution in [3.8, 4) is 17.2 Å². The fourth-order valence-electron chi connectivity index (χ4n) is 2.08.